The monoisotopic (exact) mass is 504 g/mol. The first kappa shape index (κ1) is 25.5. The SMILES string of the molecule is C[CH-]CCC1C=Cc2ccccc21.C[Si]C.[Cl][Zr+2][Cl].c1ccc2[cH-]ccc2c1. The summed E-state index contributed by atoms with van der Waals surface area (Å²) in [5, 5.41) is 2.66. The number of hydrogen-bond donors (Lipinski definition) is 0. The van der Waals surface area contributed by atoms with Gasteiger partial charge in [-0.15, -0.1) is 29.7 Å². The summed E-state index contributed by atoms with van der Waals surface area (Å²) in [4.78, 5) is 0. The van der Waals surface area contributed by atoms with Crippen molar-refractivity contribution in [3.8, 4) is 0 Å². The van der Waals surface area contributed by atoms with Crippen molar-refractivity contribution >= 4 is 43.4 Å². The molecule has 4 rings (SSSR count). The Morgan fingerprint density at radius 2 is 1.68 bits per heavy atom. The third-order valence-electron chi connectivity index (χ3n) is 4.22. The van der Waals surface area contributed by atoms with Crippen molar-refractivity contribution in [3.63, 3.8) is 0 Å². The van der Waals surface area contributed by atoms with E-state index < -0.39 is 20.8 Å². The van der Waals surface area contributed by atoms with Gasteiger partial charge in [-0.05, 0) is 11.1 Å². The molecule has 146 valence electrons. The van der Waals surface area contributed by atoms with Gasteiger partial charge in [0.05, 0.1) is 0 Å². The van der Waals surface area contributed by atoms with Crippen LogP contribution < -0.4 is 0 Å². The second-order valence-corrected chi connectivity index (χ2v) is 11.0. The Kier molecular flexibility index (Phi) is 14.8. The Hall–Kier alpha value is -0.530. The molecule has 3 aromatic rings. The van der Waals surface area contributed by atoms with Crippen LogP contribution in [0.3, 0.4) is 0 Å². The number of halogens is 2. The van der Waals surface area contributed by atoms with Crippen molar-refractivity contribution in [1.29, 1.82) is 0 Å². The zero-order valence-corrected chi connectivity index (χ0v) is 21.8. The van der Waals surface area contributed by atoms with E-state index in [1.54, 1.807) is 0 Å². The van der Waals surface area contributed by atoms with E-state index >= 15 is 0 Å². The van der Waals surface area contributed by atoms with E-state index in [2.05, 4.69) is 105 Å². The molecule has 2 radical (unpaired) electrons. The van der Waals surface area contributed by atoms with Crippen LogP contribution in [0.1, 0.15) is 36.8 Å². The molecule has 1 atom stereocenters. The Labute approximate surface area is 192 Å². The van der Waals surface area contributed by atoms with Gasteiger partial charge in [-0.2, -0.15) is 30.9 Å². The minimum absolute atomic E-state index is 0.660. The van der Waals surface area contributed by atoms with Crippen LogP contribution in [0.2, 0.25) is 13.1 Å². The van der Waals surface area contributed by atoms with E-state index in [1.807, 2.05) is 0 Å². The quantitative estimate of drug-likeness (QED) is 0.247. The number of rotatable bonds is 3. The van der Waals surface area contributed by atoms with Gasteiger partial charge in [-0.3, -0.25) is 0 Å². The van der Waals surface area contributed by atoms with Gasteiger partial charge >= 0.3 is 37.9 Å². The van der Waals surface area contributed by atoms with Crippen molar-refractivity contribution in [2.75, 3.05) is 0 Å². The third-order valence-corrected chi connectivity index (χ3v) is 4.22. The van der Waals surface area contributed by atoms with Crippen LogP contribution >= 0.6 is 17.0 Å². The first-order valence-electron chi connectivity index (χ1n) is 9.41. The van der Waals surface area contributed by atoms with Crippen LogP contribution in [0.15, 0.2) is 72.8 Å². The van der Waals surface area contributed by atoms with Crippen molar-refractivity contribution < 1.29 is 20.8 Å². The average molecular weight is 507 g/mol. The zero-order valence-electron chi connectivity index (χ0n) is 16.8. The normalized spacial score (nSPS) is 13.1. The largest absolute Gasteiger partial charge is 0.168 e. The standard InChI is InChI=1S/C13H15.C9H7.C2H6Si.2ClH.Zr/c1-2-3-6-11-9-10-12-7-4-5-8-13(11)12;1-2-5-9-7-3-6-8(9)4-1;1-3-2;;;/h2,4-5,7-11H,3,6H2,1H3;1-7H;1-2H3;2*1H;/q2*-1;;;;+4/p-2. The Balaban J connectivity index is 0.000000227. The molecule has 0 heterocycles. The molecule has 1 aliphatic carbocycles. The van der Waals surface area contributed by atoms with Gasteiger partial charge in [0, 0.05) is 15.4 Å². The number of fused-ring (bicyclic) bond motifs is 2. The summed E-state index contributed by atoms with van der Waals surface area (Å²) in [5.74, 6) is 0.660. The molecule has 4 heteroatoms. The summed E-state index contributed by atoms with van der Waals surface area (Å²) in [6.07, 6.45) is 9.28. The van der Waals surface area contributed by atoms with E-state index in [0.717, 1.165) is 9.52 Å². The smallest absolute Gasteiger partial charge is 0.0809 e. The van der Waals surface area contributed by atoms with Crippen LogP contribution in [0, 0.1) is 6.42 Å². The minimum atomic E-state index is -0.826. The van der Waals surface area contributed by atoms with Crippen LogP contribution in [0.5, 0.6) is 0 Å². The number of allylic oxidation sites excluding steroid dienone is 1. The second-order valence-electron chi connectivity index (χ2n) is 6.31. The number of unbranched alkanes of at least 4 members (excludes halogenated alkanes) is 1. The predicted octanol–water partition coefficient (Wildman–Crippen LogP) is 8.52. The fourth-order valence-corrected chi connectivity index (χ4v) is 2.99. The van der Waals surface area contributed by atoms with E-state index in [1.165, 1.54) is 34.7 Å². The summed E-state index contributed by atoms with van der Waals surface area (Å²) < 4.78 is 0. The van der Waals surface area contributed by atoms with Crippen molar-refractivity contribution in [1.82, 2.24) is 0 Å². The molecule has 1 unspecified atom stereocenters. The molecule has 28 heavy (non-hydrogen) atoms. The fourth-order valence-electron chi connectivity index (χ4n) is 2.99. The van der Waals surface area contributed by atoms with Crippen molar-refractivity contribution in [2.45, 2.75) is 38.8 Å². The van der Waals surface area contributed by atoms with Gasteiger partial charge < -0.3 is 6.42 Å². The predicted molar refractivity (Wildman–Crippen MR) is 126 cm³/mol. The molecule has 0 fully saturated rings. The Morgan fingerprint density at radius 3 is 2.36 bits per heavy atom. The molecule has 0 saturated heterocycles. The molecule has 3 aromatic carbocycles. The van der Waals surface area contributed by atoms with Gasteiger partial charge in [0.15, 0.2) is 0 Å². The topological polar surface area (TPSA) is 0 Å². The molecule has 0 nitrogen and oxygen atoms in total. The summed E-state index contributed by atoms with van der Waals surface area (Å²) in [6, 6.07) is 23.4. The third kappa shape index (κ3) is 9.31. The molecule has 0 aromatic heterocycles. The van der Waals surface area contributed by atoms with E-state index in [4.69, 9.17) is 17.0 Å². The molecule has 1 aliphatic rings. The Bertz CT molecular complexity index is 766. The van der Waals surface area contributed by atoms with Crippen LogP contribution in [-0.4, -0.2) is 9.52 Å². The molecular weight excluding hydrogens is 478 g/mol. The molecular formula is C24H28Cl2SiZr. The van der Waals surface area contributed by atoms with Gasteiger partial charge in [-0.1, -0.05) is 62.0 Å². The van der Waals surface area contributed by atoms with Gasteiger partial charge in [0.1, 0.15) is 0 Å². The van der Waals surface area contributed by atoms with Gasteiger partial charge in [0.2, 0.25) is 0 Å². The molecule has 0 bridgehead atoms. The zero-order chi connectivity index (χ0) is 20.6. The van der Waals surface area contributed by atoms with Crippen LogP contribution in [-0.2, 0) is 20.8 Å². The molecule has 0 saturated carbocycles. The van der Waals surface area contributed by atoms with Gasteiger partial charge in [0.25, 0.3) is 0 Å². The summed E-state index contributed by atoms with van der Waals surface area (Å²) in [7, 11) is 11.0. The maximum absolute atomic E-state index is 4.93. The summed E-state index contributed by atoms with van der Waals surface area (Å²) in [6.45, 7) is 6.44. The molecule has 0 N–H and O–H groups in total. The van der Waals surface area contributed by atoms with E-state index in [9.17, 15) is 0 Å². The number of hydrogen-bond acceptors (Lipinski definition) is 0. The van der Waals surface area contributed by atoms with Crippen LogP contribution in [0.4, 0.5) is 0 Å². The van der Waals surface area contributed by atoms with Crippen molar-refractivity contribution in [3.05, 3.63) is 90.4 Å². The molecule has 0 aliphatic heterocycles. The van der Waals surface area contributed by atoms with E-state index in [0.29, 0.717) is 5.92 Å². The second kappa shape index (κ2) is 16.3. The van der Waals surface area contributed by atoms with Gasteiger partial charge in [-0.25, -0.2) is 0 Å². The van der Waals surface area contributed by atoms with Crippen LogP contribution in [0.25, 0.3) is 16.8 Å². The Morgan fingerprint density at radius 1 is 1.04 bits per heavy atom. The van der Waals surface area contributed by atoms with Crippen molar-refractivity contribution in [2.24, 2.45) is 0 Å². The summed E-state index contributed by atoms with van der Waals surface area (Å²) >= 11 is -0.826. The average Bonchev–Trinajstić information content (AvgIpc) is 3.35. The first-order chi connectivity index (χ1) is 13.7. The minimum Gasteiger partial charge on any atom is -0.168 e. The summed E-state index contributed by atoms with van der Waals surface area (Å²) in [5.41, 5.74) is 2.91. The first-order valence-corrected chi connectivity index (χ1v) is 17.7. The fraction of sp³-hybridized carbons (Fsp3) is 0.250. The molecule has 0 spiro atoms. The molecule has 0 amide bonds. The van der Waals surface area contributed by atoms with E-state index in [-0.39, 0.29) is 0 Å². The maximum atomic E-state index is 4.93. The number of benzene rings is 2. The maximum Gasteiger partial charge on any atom is -0.0809 e.